The molecule has 86 valence electrons. The van der Waals surface area contributed by atoms with Crippen LogP contribution in [0.5, 0.6) is 0 Å². The second-order valence-corrected chi connectivity index (χ2v) is 3.60. The van der Waals surface area contributed by atoms with Gasteiger partial charge in [-0.3, -0.25) is 5.43 Å². The van der Waals surface area contributed by atoms with Gasteiger partial charge >= 0.3 is 5.97 Å². The SMILES string of the molecule is O=C(O)C1=CC(=NNc2ccccc2)C=CC1. The van der Waals surface area contributed by atoms with Gasteiger partial charge in [0, 0.05) is 5.57 Å². The van der Waals surface area contributed by atoms with Crippen LogP contribution in [0.3, 0.4) is 0 Å². The second kappa shape index (κ2) is 5.12. The van der Waals surface area contributed by atoms with Crippen LogP contribution in [0.2, 0.25) is 0 Å². The molecular formula is C13H12N2O2. The molecule has 0 amide bonds. The van der Waals surface area contributed by atoms with Crippen LogP contribution in [-0.4, -0.2) is 16.8 Å². The normalized spacial score (nSPS) is 16.7. The van der Waals surface area contributed by atoms with Crippen LogP contribution in [0, 0.1) is 0 Å². The van der Waals surface area contributed by atoms with E-state index in [0.29, 0.717) is 17.7 Å². The van der Waals surface area contributed by atoms with Gasteiger partial charge in [-0.25, -0.2) is 4.79 Å². The highest BCUT2D eigenvalue weighted by atomic mass is 16.4. The van der Waals surface area contributed by atoms with Crippen molar-refractivity contribution in [2.45, 2.75) is 6.42 Å². The van der Waals surface area contributed by atoms with Crippen molar-refractivity contribution >= 4 is 17.4 Å². The number of carboxylic acids is 1. The van der Waals surface area contributed by atoms with Crippen LogP contribution >= 0.6 is 0 Å². The van der Waals surface area contributed by atoms with E-state index in [0.717, 1.165) is 5.69 Å². The lowest BCUT2D eigenvalue weighted by atomic mass is 10.1. The Morgan fingerprint density at radius 3 is 2.76 bits per heavy atom. The van der Waals surface area contributed by atoms with Gasteiger partial charge in [0.25, 0.3) is 0 Å². The first-order valence-electron chi connectivity index (χ1n) is 5.25. The van der Waals surface area contributed by atoms with Crippen molar-refractivity contribution in [3.05, 3.63) is 54.1 Å². The van der Waals surface area contributed by atoms with Crippen molar-refractivity contribution in [1.82, 2.24) is 0 Å². The van der Waals surface area contributed by atoms with Gasteiger partial charge in [0.1, 0.15) is 0 Å². The number of hydrazone groups is 1. The highest BCUT2D eigenvalue weighted by Crippen LogP contribution is 2.11. The fourth-order valence-electron chi connectivity index (χ4n) is 1.45. The lowest BCUT2D eigenvalue weighted by Crippen LogP contribution is -2.07. The molecule has 0 saturated heterocycles. The average Bonchev–Trinajstić information content (AvgIpc) is 2.38. The Morgan fingerprint density at radius 2 is 2.06 bits per heavy atom. The number of allylic oxidation sites excluding steroid dienone is 3. The molecular weight excluding hydrogens is 216 g/mol. The summed E-state index contributed by atoms with van der Waals surface area (Å²) in [5.74, 6) is -0.901. The summed E-state index contributed by atoms with van der Waals surface area (Å²) in [5.41, 5.74) is 4.70. The Morgan fingerprint density at radius 1 is 1.29 bits per heavy atom. The fraction of sp³-hybridized carbons (Fsp3) is 0.0769. The number of aliphatic carboxylic acids is 1. The van der Waals surface area contributed by atoms with Crippen LogP contribution < -0.4 is 5.43 Å². The van der Waals surface area contributed by atoms with Crippen LogP contribution in [0.1, 0.15) is 6.42 Å². The van der Waals surface area contributed by atoms with Crippen LogP contribution in [-0.2, 0) is 4.79 Å². The zero-order chi connectivity index (χ0) is 12.1. The number of para-hydroxylation sites is 1. The van der Waals surface area contributed by atoms with E-state index < -0.39 is 5.97 Å². The summed E-state index contributed by atoms with van der Waals surface area (Å²) in [6.07, 6.45) is 5.59. The summed E-state index contributed by atoms with van der Waals surface area (Å²) in [7, 11) is 0. The number of nitrogens with zero attached hydrogens (tertiary/aromatic N) is 1. The Bertz CT molecular complexity index is 501. The summed E-state index contributed by atoms with van der Waals surface area (Å²) >= 11 is 0. The highest BCUT2D eigenvalue weighted by molar-refractivity contribution is 6.09. The van der Waals surface area contributed by atoms with Crippen molar-refractivity contribution < 1.29 is 9.90 Å². The Balaban J connectivity index is 2.10. The Labute approximate surface area is 99.0 Å². The summed E-state index contributed by atoms with van der Waals surface area (Å²) in [6, 6.07) is 9.49. The molecule has 1 aromatic carbocycles. The number of benzene rings is 1. The lowest BCUT2D eigenvalue weighted by Gasteiger charge is -2.06. The molecule has 17 heavy (non-hydrogen) atoms. The molecule has 0 bridgehead atoms. The molecule has 0 aromatic heterocycles. The average molecular weight is 228 g/mol. The number of anilines is 1. The van der Waals surface area contributed by atoms with Crippen molar-refractivity contribution in [3.63, 3.8) is 0 Å². The molecule has 4 heteroatoms. The summed E-state index contributed by atoms with van der Waals surface area (Å²) in [4.78, 5) is 10.8. The monoisotopic (exact) mass is 228 g/mol. The Kier molecular flexibility index (Phi) is 3.35. The van der Waals surface area contributed by atoms with E-state index in [-0.39, 0.29) is 0 Å². The number of carboxylic acid groups (broad SMARTS) is 1. The van der Waals surface area contributed by atoms with Gasteiger partial charge in [-0.05, 0) is 30.7 Å². The van der Waals surface area contributed by atoms with E-state index in [4.69, 9.17) is 5.11 Å². The zero-order valence-electron chi connectivity index (χ0n) is 9.13. The Hall–Kier alpha value is -2.36. The maximum atomic E-state index is 10.8. The van der Waals surface area contributed by atoms with Gasteiger partial charge in [-0.1, -0.05) is 24.3 Å². The van der Waals surface area contributed by atoms with Gasteiger partial charge in [-0.2, -0.15) is 5.10 Å². The minimum Gasteiger partial charge on any atom is -0.478 e. The summed E-state index contributed by atoms with van der Waals surface area (Å²) < 4.78 is 0. The van der Waals surface area contributed by atoms with E-state index in [1.807, 2.05) is 30.3 Å². The molecule has 1 aliphatic rings. The molecule has 2 N–H and O–H groups in total. The van der Waals surface area contributed by atoms with E-state index in [1.54, 1.807) is 18.2 Å². The number of hydrogen-bond acceptors (Lipinski definition) is 3. The lowest BCUT2D eigenvalue weighted by molar-refractivity contribution is -0.132. The van der Waals surface area contributed by atoms with E-state index in [1.165, 1.54) is 0 Å². The molecule has 2 rings (SSSR count). The maximum Gasteiger partial charge on any atom is 0.331 e. The number of carbonyl (C=O) groups is 1. The smallest absolute Gasteiger partial charge is 0.331 e. The van der Waals surface area contributed by atoms with Crippen molar-refractivity contribution in [3.8, 4) is 0 Å². The quantitative estimate of drug-likeness (QED) is 0.781. The largest absolute Gasteiger partial charge is 0.478 e. The first kappa shape index (κ1) is 11.1. The first-order valence-corrected chi connectivity index (χ1v) is 5.25. The topological polar surface area (TPSA) is 61.7 Å². The van der Waals surface area contributed by atoms with Crippen LogP contribution in [0.25, 0.3) is 0 Å². The second-order valence-electron chi connectivity index (χ2n) is 3.60. The minimum absolute atomic E-state index is 0.348. The molecule has 0 spiro atoms. The number of rotatable bonds is 3. The third-order valence-electron chi connectivity index (χ3n) is 2.31. The molecule has 1 aromatic rings. The van der Waals surface area contributed by atoms with Crippen molar-refractivity contribution in [1.29, 1.82) is 0 Å². The molecule has 0 saturated carbocycles. The standard InChI is InChI=1S/C13H12N2O2/c16-13(17)10-5-4-8-12(9-10)15-14-11-6-2-1-3-7-11/h1-4,6-9,14H,5H2,(H,16,17). The number of hydrogen-bond donors (Lipinski definition) is 2. The summed E-state index contributed by atoms with van der Waals surface area (Å²) in [5, 5.41) is 13.0. The van der Waals surface area contributed by atoms with Crippen molar-refractivity contribution in [2.75, 3.05) is 5.43 Å². The van der Waals surface area contributed by atoms with Crippen LogP contribution in [0.15, 0.2) is 59.2 Å². The number of nitrogens with one attached hydrogen (secondary N) is 1. The van der Waals surface area contributed by atoms with Gasteiger partial charge in [0.2, 0.25) is 0 Å². The molecule has 1 aliphatic carbocycles. The first-order chi connectivity index (χ1) is 8.25. The third kappa shape index (κ3) is 3.04. The molecule has 0 unspecified atom stereocenters. The van der Waals surface area contributed by atoms with Gasteiger partial charge in [-0.15, -0.1) is 0 Å². The maximum absolute atomic E-state index is 10.8. The molecule has 0 atom stereocenters. The zero-order valence-corrected chi connectivity index (χ0v) is 9.13. The van der Waals surface area contributed by atoms with E-state index >= 15 is 0 Å². The molecule has 0 fully saturated rings. The molecule has 0 heterocycles. The van der Waals surface area contributed by atoms with Crippen LogP contribution in [0.4, 0.5) is 5.69 Å². The van der Waals surface area contributed by atoms with E-state index in [2.05, 4.69) is 10.5 Å². The molecule has 4 nitrogen and oxygen atoms in total. The molecule has 0 radical (unpaired) electrons. The minimum atomic E-state index is -0.901. The predicted octanol–water partition coefficient (Wildman–Crippen LogP) is 2.43. The van der Waals surface area contributed by atoms with Gasteiger partial charge in [0.05, 0.1) is 11.4 Å². The van der Waals surface area contributed by atoms with E-state index in [9.17, 15) is 4.79 Å². The third-order valence-corrected chi connectivity index (χ3v) is 2.31. The van der Waals surface area contributed by atoms with Crippen molar-refractivity contribution in [2.24, 2.45) is 5.10 Å². The summed E-state index contributed by atoms with van der Waals surface area (Å²) in [6.45, 7) is 0. The predicted molar refractivity (Wildman–Crippen MR) is 67.0 cm³/mol. The van der Waals surface area contributed by atoms with Gasteiger partial charge in [0.15, 0.2) is 0 Å². The fourth-order valence-corrected chi connectivity index (χ4v) is 1.45. The molecule has 0 aliphatic heterocycles. The highest BCUT2D eigenvalue weighted by Gasteiger charge is 2.09. The van der Waals surface area contributed by atoms with Gasteiger partial charge < -0.3 is 5.11 Å².